The Kier molecular flexibility index (Phi) is 3.46. The second-order valence-corrected chi connectivity index (χ2v) is 5.65. The first-order valence-corrected chi connectivity index (χ1v) is 7.65. The van der Waals surface area contributed by atoms with E-state index >= 15 is 0 Å². The van der Waals surface area contributed by atoms with Gasteiger partial charge in [0.25, 0.3) is 5.56 Å². The molecule has 2 aromatic carbocycles. The molecule has 0 bridgehead atoms. The molecule has 2 unspecified atom stereocenters. The van der Waals surface area contributed by atoms with Gasteiger partial charge in [0.05, 0.1) is 18.0 Å². The summed E-state index contributed by atoms with van der Waals surface area (Å²) in [6, 6.07) is 12.6. The number of methoxy groups -OCH3 is 1. The van der Waals surface area contributed by atoms with Crippen molar-refractivity contribution in [3.05, 3.63) is 52.8 Å². The zero-order valence-electron chi connectivity index (χ0n) is 13.3. The lowest BCUT2D eigenvalue weighted by molar-refractivity contribution is 0.178. The molecule has 1 saturated heterocycles. The maximum absolute atomic E-state index is 12.3. The molecule has 6 nitrogen and oxygen atoms in total. The van der Waals surface area contributed by atoms with Crippen molar-refractivity contribution in [2.75, 3.05) is 7.11 Å². The molecule has 2 atom stereocenters. The number of fused-ring (bicyclic) bond motifs is 1. The van der Waals surface area contributed by atoms with Gasteiger partial charge in [-0.15, -0.1) is 0 Å². The van der Waals surface area contributed by atoms with Crippen LogP contribution in [0.3, 0.4) is 0 Å². The van der Waals surface area contributed by atoms with Gasteiger partial charge in [0.2, 0.25) is 6.29 Å². The highest BCUT2D eigenvalue weighted by Crippen LogP contribution is 2.27. The monoisotopic (exact) mass is 324 g/mol. The Morgan fingerprint density at radius 2 is 1.83 bits per heavy atom. The first-order chi connectivity index (χ1) is 11.6. The van der Waals surface area contributed by atoms with E-state index < -0.39 is 0 Å². The number of aromatic amines is 1. The number of ether oxygens (including phenoxy) is 3. The van der Waals surface area contributed by atoms with Crippen LogP contribution in [-0.2, 0) is 4.74 Å². The van der Waals surface area contributed by atoms with Crippen molar-refractivity contribution >= 4 is 10.9 Å². The summed E-state index contributed by atoms with van der Waals surface area (Å²) < 4.78 is 16.0. The Hall–Kier alpha value is -2.86. The van der Waals surface area contributed by atoms with Gasteiger partial charge in [-0.1, -0.05) is 0 Å². The van der Waals surface area contributed by atoms with Gasteiger partial charge in [-0.25, -0.2) is 4.98 Å². The summed E-state index contributed by atoms with van der Waals surface area (Å²) in [6.07, 6.45) is -0.0235. The molecular formula is C18H16N2O4. The molecule has 1 aliphatic heterocycles. The lowest BCUT2D eigenvalue weighted by Crippen LogP contribution is -2.09. The van der Waals surface area contributed by atoms with Crippen LogP contribution in [0.15, 0.2) is 47.3 Å². The first kappa shape index (κ1) is 14.7. The average molecular weight is 324 g/mol. The van der Waals surface area contributed by atoms with E-state index in [1.165, 1.54) is 0 Å². The SMILES string of the molecule is COc1ccc2nc(-c3ccc(OC4OC4C)cc3)[nH]c(=O)c2c1. The molecule has 0 aliphatic carbocycles. The first-order valence-electron chi connectivity index (χ1n) is 7.65. The predicted octanol–water partition coefficient (Wildman–Crippen LogP) is 2.72. The Bertz CT molecular complexity index is 949. The van der Waals surface area contributed by atoms with E-state index in [-0.39, 0.29) is 18.0 Å². The molecule has 1 aromatic heterocycles. The molecule has 0 saturated carbocycles. The third kappa shape index (κ3) is 2.72. The summed E-state index contributed by atoms with van der Waals surface area (Å²) in [4.78, 5) is 19.6. The van der Waals surface area contributed by atoms with E-state index in [1.807, 2.05) is 31.2 Å². The Balaban J connectivity index is 1.67. The number of hydrogen-bond donors (Lipinski definition) is 1. The molecule has 6 heteroatoms. The van der Waals surface area contributed by atoms with Crippen molar-refractivity contribution in [1.29, 1.82) is 0 Å². The highest BCUT2D eigenvalue weighted by atomic mass is 16.8. The van der Waals surface area contributed by atoms with E-state index in [2.05, 4.69) is 9.97 Å². The van der Waals surface area contributed by atoms with Crippen molar-refractivity contribution in [3.8, 4) is 22.9 Å². The zero-order valence-corrected chi connectivity index (χ0v) is 13.3. The fourth-order valence-corrected chi connectivity index (χ4v) is 2.50. The van der Waals surface area contributed by atoms with Crippen LogP contribution in [0.1, 0.15) is 6.92 Å². The standard InChI is InChI=1S/C18H16N2O4/c1-10-18(23-10)24-12-5-3-11(4-6-12)16-19-15-8-7-13(22-2)9-14(15)17(21)20-16/h3-10,18H,1-2H3,(H,19,20,21). The van der Waals surface area contributed by atoms with Crippen molar-refractivity contribution in [1.82, 2.24) is 9.97 Å². The minimum atomic E-state index is -0.200. The van der Waals surface area contributed by atoms with Crippen LogP contribution in [0, 0.1) is 0 Å². The minimum absolute atomic E-state index is 0.139. The van der Waals surface area contributed by atoms with Crippen molar-refractivity contribution < 1.29 is 14.2 Å². The van der Waals surface area contributed by atoms with Gasteiger partial charge in [0.1, 0.15) is 23.4 Å². The number of benzene rings is 2. The molecular weight excluding hydrogens is 308 g/mol. The third-order valence-corrected chi connectivity index (χ3v) is 3.95. The Morgan fingerprint density at radius 1 is 1.12 bits per heavy atom. The number of aromatic nitrogens is 2. The van der Waals surface area contributed by atoms with Crippen LogP contribution in [0.4, 0.5) is 0 Å². The quantitative estimate of drug-likeness (QED) is 0.747. The van der Waals surface area contributed by atoms with Crippen LogP contribution in [0.25, 0.3) is 22.3 Å². The smallest absolute Gasteiger partial charge is 0.259 e. The van der Waals surface area contributed by atoms with Crippen molar-refractivity contribution in [2.24, 2.45) is 0 Å². The molecule has 3 aromatic rings. The average Bonchev–Trinajstić information content (AvgIpc) is 3.30. The van der Waals surface area contributed by atoms with E-state index in [1.54, 1.807) is 25.3 Å². The lowest BCUT2D eigenvalue weighted by atomic mass is 10.2. The molecule has 4 rings (SSSR count). The molecule has 122 valence electrons. The van der Waals surface area contributed by atoms with Crippen LogP contribution in [-0.4, -0.2) is 29.5 Å². The second kappa shape index (κ2) is 5.65. The van der Waals surface area contributed by atoms with Gasteiger partial charge in [0.15, 0.2) is 0 Å². The second-order valence-electron chi connectivity index (χ2n) is 5.65. The van der Waals surface area contributed by atoms with Gasteiger partial charge in [-0.2, -0.15) is 0 Å². The summed E-state index contributed by atoms with van der Waals surface area (Å²) in [7, 11) is 1.56. The topological polar surface area (TPSA) is 76.7 Å². The third-order valence-electron chi connectivity index (χ3n) is 3.95. The maximum atomic E-state index is 12.3. The minimum Gasteiger partial charge on any atom is -0.497 e. The molecule has 0 spiro atoms. The van der Waals surface area contributed by atoms with Gasteiger partial charge in [-0.05, 0) is 49.4 Å². The van der Waals surface area contributed by atoms with E-state index in [4.69, 9.17) is 14.2 Å². The van der Waals surface area contributed by atoms with Crippen molar-refractivity contribution in [2.45, 2.75) is 19.3 Å². The molecule has 1 aliphatic rings. The van der Waals surface area contributed by atoms with Crippen LogP contribution < -0.4 is 15.0 Å². The molecule has 1 N–H and O–H groups in total. The normalized spacial score (nSPS) is 19.2. The molecule has 2 heterocycles. The summed E-state index contributed by atoms with van der Waals surface area (Å²) in [5.74, 6) is 1.86. The molecule has 24 heavy (non-hydrogen) atoms. The molecule has 1 fully saturated rings. The van der Waals surface area contributed by atoms with Crippen LogP contribution >= 0.6 is 0 Å². The van der Waals surface area contributed by atoms with Gasteiger partial charge in [0, 0.05) is 5.56 Å². The summed E-state index contributed by atoms with van der Waals surface area (Å²) >= 11 is 0. The van der Waals surface area contributed by atoms with Gasteiger partial charge >= 0.3 is 0 Å². The van der Waals surface area contributed by atoms with Crippen molar-refractivity contribution in [3.63, 3.8) is 0 Å². The van der Waals surface area contributed by atoms with Gasteiger partial charge in [-0.3, -0.25) is 4.79 Å². The fraction of sp³-hybridized carbons (Fsp3) is 0.222. The van der Waals surface area contributed by atoms with Crippen LogP contribution in [0.2, 0.25) is 0 Å². The molecule has 0 amide bonds. The summed E-state index contributed by atoms with van der Waals surface area (Å²) in [6.45, 7) is 1.96. The lowest BCUT2D eigenvalue weighted by Gasteiger charge is -2.06. The summed E-state index contributed by atoms with van der Waals surface area (Å²) in [5, 5.41) is 0.498. The predicted molar refractivity (Wildman–Crippen MR) is 89.3 cm³/mol. The highest BCUT2D eigenvalue weighted by molar-refractivity contribution is 5.81. The largest absolute Gasteiger partial charge is 0.497 e. The van der Waals surface area contributed by atoms with E-state index in [9.17, 15) is 4.79 Å². The molecule has 0 radical (unpaired) electrons. The number of nitrogens with zero attached hydrogens (tertiary/aromatic N) is 1. The van der Waals surface area contributed by atoms with E-state index in [0.29, 0.717) is 22.5 Å². The van der Waals surface area contributed by atoms with Gasteiger partial charge < -0.3 is 19.2 Å². The number of nitrogens with one attached hydrogen (secondary N) is 1. The Labute approximate surface area is 138 Å². The number of epoxide rings is 1. The zero-order chi connectivity index (χ0) is 16.7. The highest BCUT2D eigenvalue weighted by Gasteiger charge is 2.36. The maximum Gasteiger partial charge on any atom is 0.259 e. The van der Waals surface area contributed by atoms with Crippen LogP contribution in [0.5, 0.6) is 11.5 Å². The Morgan fingerprint density at radius 3 is 2.50 bits per heavy atom. The number of rotatable bonds is 4. The summed E-state index contributed by atoms with van der Waals surface area (Å²) in [5.41, 5.74) is 1.23. The van der Waals surface area contributed by atoms with E-state index in [0.717, 1.165) is 11.3 Å². The fourth-order valence-electron chi connectivity index (χ4n) is 2.50. The number of H-pyrrole nitrogens is 1. The number of hydrogen-bond acceptors (Lipinski definition) is 5.